The van der Waals surface area contributed by atoms with Crippen molar-refractivity contribution in [3.8, 4) is 11.5 Å². The highest BCUT2D eigenvalue weighted by Gasteiger charge is 2.24. The number of benzene rings is 1. The van der Waals surface area contributed by atoms with Crippen LogP contribution in [-0.2, 0) is 6.54 Å². The summed E-state index contributed by atoms with van der Waals surface area (Å²) >= 11 is 0. The van der Waals surface area contributed by atoms with E-state index in [9.17, 15) is 10.2 Å². The molecule has 1 aliphatic heterocycles. The van der Waals surface area contributed by atoms with Crippen molar-refractivity contribution in [3.63, 3.8) is 0 Å². The lowest BCUT2D eigenvalue weighted by Gasteiger charge is -2.25. The van der Waals surface area contributed by atoms with Gasteiger partial charge in [0.2, 0.25) is 0 Å². The minimum absolute atomic E-state index is 0.0998. The zero-order valence-electron chi connectivity index (χ0n) is 8.45. The molecule has 0 aromatic heterocycles. The molecular weight excluding hydrogens is 196 g/mol. The first-order valence-electron chi connectivity index (χ1n) is 4.72. The maximum atomic E-state index is 9.74. The number of aliphatic hydroxyl groups excluding tert-OH is 1. The molecule has 82 valence electrons. The number of ether oxygens (including phenoxy) is 1. The molecule has 5 N–H and O–H groups in total. The van der Waals surface area contributed by atoms with Crippen molar-refractivity contribution in [2.45, 2.75) is 12.6 Å². The molecule has 0 amide bonds. The van der Waals surface area contributed by atoms with Crippen molar-refractivity contribution in [3.05, 3.63) is 17.2 Å². The van der Waals surface area contributed by atoms with E-state index in [1.807, 2.05) is 0 Å². The summed E-state index contributed by atoms with van der Waals surface area (Å²) in [6.45, 7) is 1.07. The zero-order valence-corrected chi connectivity index (χ0v) is 8.45. The molecular formula is C10H14N2O3. The molecule has 0 bridgehead atoms. The average Bonchev–Trinajstić information content (AvgIpc) is 2.23. The number of β-amino-alcohol motifs (C(OH)–C–C–N with tert-alkyl or cyclic N) is 1. The molecule has 1 atom stereocenters. The van der Waals surface area contributed by atoms with Gasteiger partial charge in [0.1, 0.15) is 0 Å². The average molecular weight is 210 g/mol. The summed E-state index contributed by atoms with van der Waals surface area (Å²) in [5.74, 6) is 0.236. The number of rotatable bonds is 1. The van der Waals surface area contributed by atoms with E-state index in [2.05, 4.69) is 5.32 Å². The second kappa shape index (κ2) is 3.60. The number of fused-ring (bicyclic) bond motifs is 1. The van der Waals surface area contributed by atoms with Crippen molar-refractivity contribution in [1.82, 2.24) is 5.32 Å². The smallest absolute Gasteiger partial charge is 0.181 e. The fraction of sp³-hybridized carbons (Fsp3) is 0.400. The molecule has 1 aliphatic rings. The first-order chi connectivity index (χ1) is 7.15. The summed E-state index contributed by atoms with van der Waals surface area (Å²) in [6, 6.07) is 1.69. The van der Waals surface area contributed by atoms with Gasteiger partial charge in [-0.25, -0.2) is 0 Å². The van der Waals surface area contributed by atoms with Crippen LogP contribution < -0.4 is 15.8 Å². The van der Waals surface area contributed by atoms with Gasteiger partial charge in [-0.2, -0.15) is 0 Å². The Kier molecular flexibility index (Phi) is 2.42. The van der Waals surface area contributed by atoms with E-state index in [0.717, 1.165) is 5.56 Å². The highest BCUT2D eigenvalue weighted by molar-refractivity contribution is 5.68. The van der Waals surface area contributed by atoms with Gasteiger partial charge in [0, 0.05) is 18.7 Å². The number of nitrogen functional groups attached to an aromatic ring is 1. The summed E-state index contributed by atoms with van der Waals surface area (Å²) < 4.78 is 4.99. The Balaban J connectivity index is 2.61. The number of aromatic hydroxyl groups is 1. The van der Waals surface area contributed by atoms with Crippen LogP contribution in [0.1, 0.15) is 17.2 Å². The summed E-state index contributed by atoms with van der Waals surface area (Å²) in [7, 11) is 1.47. The second-order valence-corrected chi connectivity index (χ2v) is 3.56. The predicted octanol–water partition coefficient (Wildman–Crippen LogP) is 0.120. The van der Waals surface area contributed by atoms with Gasteiger partial charge >= 0.3 is 0 Å². The van der Waals surface area contributed by atoms with Crippen LogP contribution in [0.15, 0.2) is 6.07 Å². The molecule has 0 spiro atoms. The van der Waals surface area contributed by atoms with Crippen LogP contribution >= 0.6 is 0 Å². The third-order valence-electron chi connectivity index (χ3n) is 2.64. The Labute approximate surface area is 87.5 Å². The summed E-state index contributed by atoms with van der Waals surface area (Å²) in [6.07, 6.45) is -0.675. The van der Waals surface area contributed by atoms with Gasteiger partial charge in [0.25, 0.3) is 0 Å². The van der Waals surface area contributed by atoms with Crippen LogP contribution in [0.2, 0.25) is 0 Å². The van der Waals surface area contributed by atoms with Gasteiger partial charge in [0.15, 0.2) is 11.5 Å². The summed E-state index contributed by atoms with van der Waals surface area (Å²) in [5.41, 5.74) is 7.42. The number of phenols is 1. The van der Waals surface area contributed by atoms with Crippen molar-refractivity contribution in [2.24, 2.45) is 0 Å². The van der Waals surface area contributed by atoms with Crippen molar-refractivity contribution < 1.29 is 14.9 Å². The lowest BCUT2D eigenvalue weighted by atomic mass is 9.96. The van der Waals surface area contributed by atoms with E-state index in [4.69, 9.17) is 10.5 Å². The summed E-state index contributed by atoms with van der Waals surface area (Å²) in [4.78, 5) is 0. The number of methoxy groups -OCH3 is 1. The predicted molar refractivity (Wildman–Crippen MR) is 55.7 cm³/mol. The lowest BCUT2D eigenvalue weighted by Crippen LogP contribution is -2.28. The number of hydrogen-bond acceptors (Lipinski definition) is 5. The van der Waals surface area contributed by atoms with Crippen molar-refractivity contribution in [2.75, 3.05) is 19.4 Å². The molecule has 0 fully saturated rings. The molecule has 0 aliphatic carbocycles. The number of anilines is 1. The van der Waals surface area contributed by atoms with E-state index >= 15 is 0 Å². The molecule has 0 saturated carbocycles. The standard InChI is InChI=1S/C10H14N2O3/c1-15-7-2-5-3-12-4-6(13)8(5)9(11)10(7)14/h2,6,12-14H,3-4,11H2,1H3/t6-/m0/s1. The highest BCUT2D eigenvalue weighted by atomic mass is 16.5. The third-order valence-corrected chi connectivity index (χ3v) is 2.64. The number of nitrogens with one attached hydrogen (secondary N) is 1. The van der Waals surface area contributed by atoms with Crippen LogP contribution in [0.25, 0.3) is 0 Å². The van der Waals surface area contributed by atoms with Gasteiger partial charge in [-0.15, -0.1) is 0 Å². The second-order valence-electron chi connectivity index (χ2n) is 3.56. The largest absolute Gasteiger partial charge is 0.503 e. The van der Waals surface area contributed by atoms with Crippen LogP contribution in [0.3, 0.4) is 0 Å². The normalized spacial score (nSPS) is 19.7. The number of phenolic OH excluding ortho intramolecular Hbond substituents is 1. The monoisotopic (exact) mass is 210 g/mol. The maximum absolute atomic E-state index is 9.74. The Morgan fingerprint density at radius 1 is 1.60 bits per heavy atom. The van der Waals surface area contributed by atoms with Gasteiger partial charge in [-0.1, -0.05) is 0 Å². The SMILES string of the molecule is COc1cc2c(c(N)c1O)[C@@H](O)CNC2. The Morgan fingerprint density at radius 2 is 2.33 bits per heavy atom. The minimum atomic E-state index is -0.675. The van der Waals surface area contributed by atoms with E-state index < -0.39 is 6.10 Å². The molecule has 2 rings (SSSR count). The minimum Gasteiger partial charge on any atom is -0.503 e. The molecule has 0 saturated heterocycles. The van der Waals surface area contributed by atoms with Gasteiger partial charge < -0.3 is 26.0 Å². The molecule has 1 aromatic rings. The van der Waals surface area contributed by atoms with E-state index in [1.54, 1.807) is 6.07 Å². The Bertz CT molecular complexity index is 393. The number of nitrogens with two attached hydrogens (primary N) is 1. The fourth-order valence-electron chi connectivity index (χ4n) is 1.88. The summed E-state index contributed by atoms with van der Waals surface area (Å²) in [5, 5.41) is 22.5. The van der Waals surface area contributed by atoms with E-state index in [0.29, 0.717) is 24.4 Å². The molecule has 5 heteroatoms. The van der Waals surface area contributed by atoms with Gasteiger partial charge in [0.05, 0.1) is 18.9 Å². The molecule has 0 unspecified atom stereocenters. The van der Waals surface area contributed by atoms with Crippen LogP contribution in [0.4, 0.5) is 5.69 Å². The first-order valence-corrected chi connectivity index (χ1v) is 4.72. The molecule has 1 heterocycles. The zero-order chi connectivity index (χ0) is 11.0. The molecule has 5 nitrogen and oxygen atoms in total. The molecule has 0 radical (unpaired) electrons. The van der Waals surface area contributed by atoms with Crippen LogP contribution in [-0.4, -0.2) is 23.9 Å². The van der Waals surface area contributed by atoms with Gasteiger partial charge in [-0.3, -0.25) is 0 Å². The van der Waals surface area contributed by atoms with E-state index in [1.165, 1.54) is 7.11 Å². The van der Waals surface area contributed by atoms with Crippen LogP contribution in [0, 0.1) is 0 Å². The van der Waals surface area contributed by atoms with Gasteiger partial charge in [-0.05, 0) is 11.6 Å². The molecule has 1 aromatic carbocycles. The quantitative estimate of drug-likeness (QED) is 0.390. The number of aliphatic hydroxyl groups is 1. The lowest BCUT2D eigenvalue weighted by molar-refractivity contribution is 0.165. The number of hydrogen-bond donors (Lipinski definition) is 4. The van der Waals surface area contributed by atoms with Crippen molar-refractivity contribution in [1.29, 1.82) is 0 Å². The third kappa shape index (κ3) is 1.49. The Morgan fingerprint density at radius 3 is 3.00 bits per heavy atom. The fourth-order valence-corrected chi connectivity index (χ4v) is 1.88. The topological polar surface area (TPSA) is 87.7 Å². The van der Waals surface area contributed by atoms with Crippen LogP contribution in [0.5, 0.6) is 11.5 Å². The first kappa shape index (κ1) is 10.1. The molecule has 15 heavy (non-hydrogen) atoms. The maximum Gasteiger partial charge on any atom is 0.181 e. The van der Waals surface area contributed by atoms with E-state index in [-0.39, 0.29) is 11.4 Å². The Hall–Kier alpha value is -1.46. The van der Waals surface area contributed by atoms with Crippen molar-refractivity contribution >= 4 is 5.69 Å². The highest BCUT2D eigenvalue weighted by Crippen LogP contribution is 2.40.